The van der Waals surface area contributed by atoms with E-state index in [-0.39, 0.29) is 67.1 Å². The van der Waals surface area contributed by atoms with Gasteiger partial charge in [-0.2, -0.15) is 5.10 Å². The van der Waals surface area contributed by atoms with Gasteiger partial charge in [0.1, 0.15) is 34.9 Å². The Morgan fingerprint density at radius 1 is 0.951 bits per heavy atom. The van der Waals surface area contributed by atoms with E-state index in [4.69, 9.17) is 0 Å². The smallest absolute Gasteiger partial charge is 0.270 e. The van der Waals surface area contributed by atoms with Crippen molar-refractivity contribution in [2.24, 2.45) is 0 Å². The number of benzene rings is 2. The normalized spacial score (nSPS) is 15.0. The van der Waals surface area contributed by atoms with Gasteiger partial charge in [-0.15, -0.1) is 0 Å². The summed E-state index contributed by atoms with van der Waals surface area (Å²) in [4.78, 5) is 32.4. The highest BCUT2D eigenvalue weighted by molar-refractivity contribution is 5.93. The lowest BCUT2D eigenvalue weighted by molar-refractivity contribution is -0.0301. The summed E-state index contributed by atoms with van der Waals surface area (Å²) >= 11 is 0. The van der Waals surface area contributed by atoms with Gasteiger partial charge >= 0.3 is 0 Å². The minimum atomic E-state index is -1.26. The Kier molecular flexibility index (Phi) is 6.70. The monoisotopic (exact) mass is 562 g/mol. The summed E-state index contributed by atoms with van der Waals surface area (Å²) < 4.78 is 45.9. The lowest BCUT2D eigenvalue weighted by Gasteiger charge is -2.38. The molecule has 0 radical (unpaired) electrons. The molecule has 1 aliphatic rings. The van der Waals surface area contributed by atoms with Crippen LogP contribution in [0.5, 0.6) is 0 Å². The molecule has 1 saturated heterocycles. The van der Waals surface area contributed by atoms with Crippen LogP contribution in [-0.4, -0.2) is 58.5 Å². The number of hydrogen-bond acceptors (Lipinski definition) is 5. The average molecular weight is 563 g/mol. The largest absolute Gasteiger partial charge is 0.388 e. The quantitative estimate of drug-likeness (QED) is 0.342. The Labute approximate surface area is 231 Å². The van der Waals surface area contributed by atoms with E-state index in [1.54, 1.807) is 23.2 Å². The third-order valence-corrected chi connectivity index (χ3v) is 7.51. The maximum absolute atomic E-state index is 14.2. The van der Waals surface area contributed by atoms with Crippen LogP contribution in [0, 0.1) is 17.5 Å². The Morgan fingerprint density at radius 3 is 2.37 bits per heavy atom. The molecule has 0 spiro atoms. The van der Waals surface area contributed by atoms with E-state index >= 15 is 0 Å². The standard InChI is InChI=1S/C29H25F3N6O3/c30-19-6-8-20(9-7-19)38-26-21(15-34-38)27(39)37(18-33-26)17-29(41)10-13-35(14-11-29)28(40)25-5-2-12-36(25)16-22-23(31)3-1-4-24(22)32/h1-9,12,15,18,41H,10-11,13-14,16-17H2. The van der Waals surface area contributed by atoms with Gasteiger partial charge in [0.25, 0.3) is 11.5 Å². The Bertz CT molecular complexity index is 1780. The molecule has 0 unspecified atom stereocenters. The zero-order valence-corrected chi connectivity index (χ0v) is 21.8. The second kappa shape index (κ2) is 10.4. The number of aliphatic hydroxyl groups is 1. The molecule has 5 aromatic rings. The first-order valence-electron chi connectivity index (χ1n) is 13.0. The summed E-state index contributed by atoms with van der Waals surface area (Å²) in [7, 11) is 0. The summed E-state index contributed by atoms with van der Waals surface area (Å²) in [5, 5.41) is 15.8. The second-order valence-electron chi connectivity index (χ2n) is 10.2. The highest BCUT2D eigenvalue weighted by Gasteiger charge is 2.35. The van der Waals surface area contributed by atoms with E-state index in [1.807, 2.05) is 0 Å². The zero-order chi connectivity index (χ0) is 28.7. The summed E-state index contributed by atoms with van der Waals surface area (Å²) in [6.45, 7) is 0.283. The van der Waals surface area contributed by atoms with Crippen molar-refractivity contribution in [1.29, 1.82) is 0 Å². The molecule has 1 aliphatic heterocycles. The van der Waals surface area contributed by atoms with Crippen molar-refractivity contribution in [3.05, 3.63) is 112 Å². The fourth-order valence-corrected chi connectivity index (χ4v) is 5.20. The topological polar surface area (TPSA) is 98.2 Å². The van der Waals surface area contributed by atoms with Gasteiger partial charge < -0.3 is 14.6 Å². The van der Waals surface area contributed by atoms with Crippen molar-refractivity contribution in [3.63, 3.8) is 0 Å². The Hall–Kier alpha value is -4.71. The van der Waals surface area contributed by atoms with Crippen LogP contribution < -0.4 is 5.56 Å². The molecule has 6 rings (SSSR count). The Morgan fingerprint density at radius 2 is 1.66 bits per heavy atom. The maximum atomic E-state index is 14.2. The number of aromatic nitrogens is 5. The molecule has 210 valence electrons. The number of fused-ring (bicyclic) bond motifs is 1. The maximum Gasteiger partial charge on any atom is 0.270 e. The average Bonchev–Trinajstić information content (AvgIpc) is 3.61. The molecule has 0 bridgehead atoms. The van der Waals surface area contributed by atoms with Crippen LogP contribution >= 0.6 is 0 Å². The van der Waals surface area contributed by atoms with Crippen LogP contribution in [0.2, 0.25) is 0 Å². The number of nitrogens with zero attached hydrogens (tertiary/aromatic N) is 6. The number of likely N-dealkylation sites (tertiary alicyclic amines) is 1. The summed E-state index contributed by atoms with van der Waals surface area (Å²) in [6.07, 6.45) is 4.74. The predicted molar refractivity (Wildman–Crippen MR) is 143 cm³/mol. The van der Waals surface area contributed by atoms with Gasteiger partial charge in [0.15, 0.2) is 5.65 Å². The molecule has 0 atom stereocenters. The van der Waals surface area contributed by atoms with Gasteiger partial charge in [0.2, 0.25) is 0 Å². The molecule has 2 aromatic carbocycles. The van der Waals surface area contributed by atoms with E-state index in [2.05, 4.69) is 10.1 Å². The molecule has 1 amide bonds. The molecule has 12 heteroatoms. The number of carbonyl (C=O) groups excluding carboxylic acids is 1. The number of halogens is 3. The van der Waals surface area contributed by atoms with Crippen molar-refractivity contribution in [3.8, 4) is 5.69 Å². The van der Waals surface area contributed by atoms with Crippen molar-refractivity contribution >= 4 is 16.9 Å². The third-order valence-electron chi connectivity index (χ3n) is 7.51. The first-order chi connectivity index (χ1) is 19.7. The highest BCUT2D eigenvalue weighted by atomic mass is 19.1. The summed E-state index contributed by atoms with van der Waals surface area (Å²) in [5.74, 6) is -2.09. The van der Waals surface area contributed by atoms with Crippen LogP contribution in [0.25, 0.3) is 16.7 Å². The highest BCUT2D eigenvalue weighted by Crippen LogP contribution is 2.26. The first-order valence-corrected chi connectivity index (χ1v) is 13.0. The van der Waals surface area contributed by atoms with E-state index in [0.29, 0.717) is 11.3 Å². The molecule has 4 heterocycles. The van der Waals surface area contributed by atoms with Crippen molar-refractivity contribution < 1.29 is 23.1 Å². The zero-order valence-electron chi connectivity index (χ0n) is 21.8. The molecular weight excluding hydrogens is 537 g/mol. The number of hydrogen-bond donors (Lipinski definition) is 1. The molecule has 1 fully saturated rings. The van der Waals surface area contributed by atoms with Gasteiger partial charge in [0.05, 0.1) is 30.6 Å². The Balaban J connectivity index is 1.15. The SMILES string of the molecule is O=C(c1cccn1Cc1c(F)cccc1F)N1CCC(O)(Cn2cnc3c(cnn3-c3ccc(F)cc3)c2=O)CC1. The van der Waals surface area contributed by atoms with Crippen LogP contribution in [0.15, 0.2) is 78.1 Å². The van der Waals surface area contributed by atoms with Gasteiger partial charge in [-0.05, 0) is 61.4 Å². The van der Waals surface area contributed by atoms with E-state index in [9.17, 15) is 27.9 Å². The van der Waals surface area contributed by atoms with Crippen LogP contribution in [0.3, 0.4) is 0 Å². The fraction of sp³-hybridized carbons (Fsp3) is 0.241. The number of piperidine rings is 1. The van der Waals surface area contributed by atoms with E-state index < -0.39 is 23.1 Å². The van der Waals surface area contributed by atoms with Crippen molar-refractivity contribution in [1.82, 2.24) is 28.8 Å². The minimum absolute atomic E-state index is 0.0263. The lowest BCUT2D eigenvalue weighted by Crippen LogP contribution is -2.50. The summed E-state index contributed by atoms with van der Waals surface area (Å²) in [5.41, 5.74) is -0.641. The molecular formula is C29H25F3N6O3. The van der Waals surface area contributed by atoms with Crippen molar-refractivity contribution in [2.75, 3.05) is 13.1 Å². The fourth-order valence-electron chi connectivity index (χ4n) is 5.20. The molecule has 0 saturated carbocycles. The molecule has 0 aliphatic carbocycles. The van der Waals surface area contributed by atoms with Gasteiger partial charge in [-0.3, -0.25) is 14.2 Å². The first kappa shape index (κ1) is 26.5. The predicted octanol–water partition coefficient (Wildman–Crippen LogP) is 3.52. The molecule has 1 N–H and O–H groups in total. The van der Waals surface area contributed by atoms with Crippen LogP contribution in [0.1, 0.15) is 28.9 Å². The van der Waals surface area contributed by atoms with Crippen molar-refractivity contribution in [2.45, 2.75) is 31.5 Å². The van der Waals surface area contributed by atoms with Gasteiger partial charge in [-0.1, -0.05) is 6.07 Å². The van der Waals surface area contributed by atoms with E-state index in [1.165, 1.54) is 68.8 Å². The number of rotatable bonds is 6. The number of carbonyl (C=O) groups is 1. The molecule has 41 heavy (non-hydrogen) atoms. The van der Waals surface area contributed by atoms with Gasteiger partial charge in [-0.25, -0.2) is 22.8 Å². The second-order valence-corrected chi connectivity index (χ2v) is 10.2. The summed E-state index contributed by atoms with van der Waals surface area (Å²) in [6, 6.07) is 12.5. The molecule has 3 aromatic heterocycles. The molecule has 9 nitrogen and oxygen atoms in total. The number of amides is 1. The third kappa shape index (κ3) is 5.02. The van der Waals surface area contributed by atoms with Crippen LogP contribution in [0.4, 0.5) is 13.2 Å². The lowest BCUT2D eigenvalue weighted by atomic mass is 9.91. The van der Waals surface area contributed by atoms with Gasteiger partial charge in [0, 0.05) is 24.8 Å². The van der Waals surface area contributed by atoms with Crippen LogP contribution in [-0.2, 0) is 13.1 Å². The van der Waals surface area contributed by atoms with E-state index in [0.717, 1.165) is 0 Å². The minimum Gasteiger partial charge on any atom is -0.388 e.